The first kappa shape index (κ1) is 13.5. The molecule has 4 nitrogen and oxygen atoms in total. The maximum absolute atomic E-state index is 10.4. The van der Waals surface area contributed by atoms with Crippen molar-refractivity contribution in [2.24, 2.45) is 0 Å². The second-order valence-corrected chi connectivity index (χ2v) is 4.88. The Morgan fingerprint density at radius 1 is 1.56 bits per heavy atom. The summed E-state index contributed by atoms with van der Waals surface area (Å²) in [4.78, 5) is 12.8. The van der Waals surface area contributed by atoms with E-state index in [0.29, 0.717) is 12.1 Å². The number of aliphatic carboxylic acids is 1. The van der Waals surface area contributed by atoms with Gasteiger partial charge in [-0.3, -0.25) is 9.69 Å². The minimum atomic E-state index is -0.700. The zero-order chi connectivity index (χ0) is 12.0. The molecule has 0 saturated carbocycles. The summed E-state index contributed by atoms with van der Waals surface area (Å²) in [6, 6.07) is 1.16. The molecule has 1 aliphatic rings. The molecule has 1 unspecified atom stereocenters. The summed E-state index contributed by atoms with van der Waals surface area (Å²) in [6.07, 6.45) is 3.46. The Bertz CT molecular complexity index is 219. The van der Waals surface area contributed by atoms with E-state index in [9.17, 15) is 4.79 Å². The summed E-state index contributed by atoms with van der Waals surface area (Å²) in [7, 11) is 0. The first-order valence-corrected chi connectivity index (χ1v) is 6.29. The normalized spacial score (nSPS) is 22.6. The Kier molecular flexibility index (Phi) is 5.77. The first-order valence-electron chi connectivity index (χ1n) is 6.29. The fourth-order valence-corrected chi connectivity index (χ4v) is 2.19. The molecule has 0 aromatic heterocycles. The molecule has 1 fully saturated rings. The molecule has 0 aromatic rings. The van der Waals surface area contributed by atoms with Gasteiger partial charge in [-0.05, 0) is 46.2 Å². The second kappa shape index (κ2) is 6.86. The maximum Gasteiger partial charge on any atom is 0.303 e. The molecule has 1 heterocycles. The minimum Gasteiger partial charge on any atom is -0.481 e. The Labute approximate surface area is 98.0 Å². The Hall–Kier alpha value is -0.610. The van der Waals surface area contributed by atoms with Gasteiger partial charge in [0.2, 0.25) is 0 Å². The van der Waals surface area contributed by atoms with Crippen molar-refractivity contribution in [3.63, 3.8) is 0 Å². The van der Waals surface area contributed by atoms with Gasteiger partial charge in [-0.15, -0.1) is 0 Å². The smallest absolute Gasteiger partial charge is 0.303 e. The molecule has 0 spiro atoms. The van der Waals surface area contributed by atoms with E-state index < -0.39 is 5.97 Å². The van der Waals surface area contributed by atoms with Crippen molar-refractivity contribution >= 4 is 5.97 Å². The third-order valence-electron chi connectivity index (χ3n) is 3.18. The Balaban J connectivity index is 2.14. The van der Waals surface area contributed by atoms with Crippen LogP contribution in [0.5, 0.6) is 0 Å². The van der Waals surface area contributed by atoms with Crippen LogP contribution in [0.2, 0.25) is 0 Å². The minimum absolute atomic E-state index is 0.271. The number of carboxylic acids is 1. The van der Waals surface area contributed by atoms with Crippen molar-refractivity contribution < 1.29 is 9.90 Å². The first-order chi connectivity index (χ1) is 7.59. The van der Waals surface area contributed by atoms with E-state index in [4.69, 9.17) is 5.11 Å². The van der Waals surface area contributed by atoms with E-state index in [-0.39, 0.29) is 6.42 Å². The predicted molar refractivity (Wildman–Crippen MR) is 64.6 cm³/mol. The number of likely N-dealkylation sites (tertiary alicyclic amines) is 1. The number of carboxylic acid groups (broad SMARTS) is 1. The molecule has 1 atom stereocenters. The fraction of sp³-hybridized carbons (Fsp3) is 0.917. The van der Waals surface area contributed by atoms with Crippen molar-refractivity contribution in [2.45, 2.75) is 51.6 Å². The van der Waals surface area contributed by atoms with Crippen LogP contribution < -0.4 is 5.32 Å². The molecule has 0 aliphatic carbocycles. The molecule has 1 aliphatic heterocycles. The van der Waals surface area contributed by atoms with E-state index in [1.165, 1.54) is 19.4 Å². The zero-order valence-corrected chi connectivity index (χ0v) is 10.4. The highest BCUT2D eigenvalue weighted by Gasteiger charge is 2.20. The van der Waals surface area contributed by atoms with E-state index in [0.717, 1.165) is 19.5 Å². The van der Waals surface area contributed by atoms with Crippen LogP contribution in [0, 0.1) is 0 Å². The summed E-state index contributed by atoms with van der Waals surface area (Å²) < 4.78 is 0. The molecule has 0 aromatic carbocycles. The van der Waals surface area contributed by atoms with Gasteiger partial charge in [-0.1, -0.05) is 0 Å². The Morgan fingerprint density at radius 3 is 2.94 bits per heavy atom. The largest absolute Gasteiger partial charge is 0.481 e. The predicted octanol–water partition coefficient (Wildman–Crippen LogP) is 1.31. The van der Waals surface area contributed by atoms with Gasteiger partial charge in [-0.2, -0.15) is 0 Å². The summed E-state index contributed by atoms with van der Waals surface area (Å²) >= 11 is 0. The molecule has 1 rings (SSSR count). The standard InChI is InChI=1S/C12H24N2O2/c1-10(2)14-8-4-5-11(9-14)13-7-3-6-12(15)16/h10-11,13H,3-9H2,1-2H3,(H,15,16). The molecule has 4 heteroatoms. The van der Waals surface area contributed by atoms with Crippen molar-refractivity contribution in [1.82, 2.24) is 10.2 Å². The maximum atomic E-state index is 10.4. The third-order valence-corrected chi connectivity index (χ3v) is 3.18. The highest BCUT2D eigenvalue weighted by atomic mass is 16.4. The topological polar surface area (TPSA) is 52.6 Å². The molecule has 0 radical (unpaired) electrons. The number of hydrogen-bond acceptors (Lipinski definition) is 3. The number of nitrogens with zero attached hydrogens (tertiary/aromatic N) is 1. The van der Waals surface area contributed by atoms with Crippen LogP contribution in [0.25, 0.3) is 0 Å². The molecular formula is C12H24N2O2. The van der Waals surface area contributed by atoms with Gasteiger partial charge in [0.25, 0.3) is 0 Å². The number of rotatable bonds is 6. The number of nitrogens with one attached hydrogen (secondary N) is 1. The number of piperidine rings is 1. The Morgan fingerprint density at radius 2 is 2.31 bits per heavy atom. The van der Waals surface area contributed by atoms with E-state index in [1.54, 1.807) is 0 Å². The molecule has 0 amide bonds. The SMILES string of the molecule is CC(C)N1CCCC(NCCCC(=O)O)C1. The highest BCUT2D eigenvalue weighted by Crippen LogP contribution is 2.12. The third kappa shape index (κ3) is 4.94. The molecule has 0 bridgehead atoms. The van der Waals surface area contributed by atoms with Crippen LogP contribution in [-0.4, -0.2) is 47.7 Å². The lowest BCUT2D eigenvalue weighted by atomic mass is 10.0. The van der Waals surface area contributed by atoms with Crippen molar-refractivity contribution in [3.05, 3.63) is 0 Å². The van der Waals surface area contributed by atoms with Gasteiger partial charge < -0.3 is 10.4 Å². The number of carbonyl (C=O) groups is 1. The molecule has 2 N–H and O–H groups in total. The van der Waals surface area contributed by atoms with Gasteiger partial charge >= 0.3 is 5.97 Å². The van der Waals surface area contributed by atoms with Crippen LogP contribution in [0.3, 0.4) is 0 Å². The van der Waals surface area contributed by atoms with Crippen LogP contribution >= 0.6 is 0 Å². The zero-order valence-electron chi connectivity index (χ0n) is 10.4. The van der Waals surface area contributed by atoms with Gasteiger partial charge in [0.05, 0.1) is 0 Å². The van der Waals surface area contributed by atoms with E-state index in [2.05, 4.69) is 24.1 Å². The van der Waals surface area contributed by atoms with Crippen LogP contribution in [0.15, 0.2) is 0 Å². The van der Waals surface area contributed by atoms with Gasteiger partial charge in [0.15, 0.2) is 0 Å². The average Bonchev–Trinajstić information content (AvgIpc) is 2.24. The lowest BCUT2D eigenvalue weighted by Crippen LogP contribution is -2.48. The van der Waals surface area contributed by atoms with Gasteiger partial charge in [-0.25, -0.2) is 0 Å². The lowest BCUT2D eigenvalue weighted by Gasteiger charge is -2.35. The van der Waals surface area contributed by atoms with Crippen molar-refractivity contribution in [2.75, 3.05) is 19.6 Å². The fourth-order valence-electron chi connectivity index (χ4n) is 2.19. The lowest BCUT2D eigenvalue weighted by molar-refractivity contribution is -0.137. The highest BCUT2D eigenvalue weighted by molar-refractivity contribution is 5.66. The van der Waals surface area contributed by atoms with Crippen LogP contribution in [0.4, 0.5) is 0 Å². The average molecular weight is 228 g/mol. The van der Waals surface area contributed by atoms with Gasteiger partial charge in [0, 0.05) is 25.0 Å². The summed E-state index contributed by atoms with van der Waals surface area (Å²) in [6.45, 7) is 7.58. The van der Waals surface area contributed by atoms with Crippen LogP contribution in [-0.2, 0) is 4.79 Å². The van der Waals surface area contributed by atoms with Crippen molar-refractivity contribution in [3.8, 4) is 0 Å². The molecular weight excluding hydrogens is 204 g/mol. The van der Waals surface area contributed by atoms with E-state index in [1.807, 2.05) is 0 Å². The number of hydrogen-bond donors (Lipinski definition) is 2. The monoisotopic (exact) mass is 228 g/mol. The van der Waals surface area contributed by atoms with Gasteiger partial charge in [0.1, 0.15) is 0 Å². The summed E-state index contributed by atoms with van der Waals surface area (Å²) in [5, 5.41) is 12.0. The molecule has 1 saturated heterocycles. The summed E-state index contributed by atoms with van der Waals surface area (Å²) in [5.41, 5.74) is 0. The van der Waals surface area contributed by atoms with Crippen molar-refractivity contribution in [1.29, 1.82) is 0 Å². The quantitative estimate of drug-likeness (QED) is 0.673. The second-order valence-electron chi connectivity index (χ2n) is 4.88. The summed E-state index contributed by atoms with van der Waals surface area (Å²) in [5.74, 6) is -0.700. The van der Waals surface area contributed by atoms with Crippen LogP contribution in [0.1, 0.15) is 39.5 Å². The van der Waals surface area contributed by atoms with E-state index >= 15 is 0 Å². The molecule has 16 heavy (non-hydrogen) atoms. The molecule has 94 valence electrons.